The van der Waals surface area contributed by atoms with Gasteiger partial charge in [0.1, 0.15) is 6.04 Å². The molecule has 0 aromatic heterocycles. The Kier molecular flexibility index (Phi) is 8.45. The molecule has 3 N–H and O–H groups in total. The molecule has 1 unspecified atom stereocenters. The molecule has 0 aliphatic carbocycles. The van der Waals surface area contributed by atoms with Crippen LogP contribution in [0.15, 0.2) is 0 Å². The minimum absolute atomic E-state index is 0. The smallest absolute Gasteiger partial charge is 0.241 e. The summed E-state index contributed by atoms with van der Waals surface area (Å²) >= 11 is 0. The number of carbonyl (C=O) groups excluding carboxylic acids is 1. The molecule has 6 nitrogen and oxygen atoms in total. The Hall–Kier alpha value is -0.400. The molecule has 1 aliphatic heterocycles. The van der Waals surface area contributed by atoms with Gasteiger partial charge in [0.2, 0.25) is 5.91 Å². The number of carbonyl (C=O) groups is 1. The lowest BCUT2D eigenvalue weighted by atomic mass is 10.2. The van der Waals surface area contributed by atoms with E-state index < -0.39 is 6.04 Å². The molecule has 0 bridgehead atoms. The number of hydrogen-bond donors (Lipinski definition) is 2. The van der Waals surface area contributed by atoms with Gasteiger partial charge in [-0.15, -0.1) is 12.4 Å². The standard InChI is InChI=1S/C10H21N3O3.ClH/c1-16-8-9(11)10(15)13-4-2-12(3-5-13)6-7-14;/h9,14H,2-8,11H2,1H3;1H. The van der Waals surface area contributed by atoms with Gasteiger partial charge in [-0.3, -0.25) is 9.69 Å². The van der Waals surface area contributed by atoms with Crippen LogP contribution in [0.5, 0.6) is 0 Å². The van der Waals surface area contributed by atoms with Crippen LogP contribution in [0.1, 0.15) is 0 Å². The van der Waals surface area contributed by atoms with Crippen LogP contribution in [-0.4, -0.2) is 79.9 Å². The first-order valence-electron chi connectivity index (χ1n) is 5.55. The average molecular weight is 268 g/mol. The van der Waals surface area contributed by atoms with E-state index in [1.165, 1.54) is 7.11 Å². The Balaban J connectivity index is 0.00000256. The molecule has 0 aromatic carbocycles. The molecule has 1 saturated heterocycles. The normalized spacial score (nSPS) is 18.6. The number of nitrogens with zero attached hydrogens (tertiary/aromatic N) is 2. The lowest BCUT2D eigenvalue weighted by Gasteiger charge is -2.35. The van der Waals surface area contributed by atoms with E-state index in [0.29, 0.717) is 19.6 Å². The van der Waals surface area contributed by atoms with Gasteiger partial charge in [-0.1, -0.05) is 0 Å². The highest BCUT2D eigenvalue weighted by molar-refractivity contribution is 5.85. The summed E-state index contributed by atoms with van der Waals surface area (Å²) in [5, 5.41) is 8.79. The summed E-state index contributed by atoms with van der Waals surface area (Å²) in [6, 6.07) is -0.561. The van der Waals surface area contributed by atoms with Gasteiger partial charge in [0.05, 0.1) is 13.2 Å². The predicted molar refractivity (Wildman–Crippen MR) is 67.2 cm³/mol. The van der Waals surface area contributed by atoms with E-state index in [0.717, 1.165) is 13.1 Å². The monoisotopic (exact) mass is 267 g/mol. The highest BCUT2D eigenvalue weighted by Gasteiger charge is 2.24. The zero-order valence-electron chi connectivity index (χ0n) is 10.2. The van der Waals surface area contributed by atoms with Crippen molar-refractivity contribution in [3.8, 4) is 0 Å². The van der Waals surface area contributed by atoms with Gasteiger partial charge in [-0.05, 0) is 0 Å². The van der Waals surface area contributed by atoms with E-state index in [1.807, 2.05) is 0 Å². The number of piperazine rings is 1. The van der Waals surface area contributed by atoms with Crippen molar-refractivity contribution in [2.45, 2.75) is 6.04 Å². The maximum atomic E-state index is 11.8. The van der Waals surface area contributed by atoms with Crippen LogP contribution in [0.25, 0.3) is 0 Å². The van der Waals surface area contributed by atoms with Crippen molar-refractivity contribution in [2.24, 2.45) is 5.73 Å². The van der Waals surface area contributed by atoms with Crippen molar-refractivity contribution in [1.29, 1.82) is 0 Å². The minimum Gasteiger partial charge on any atom is -0.395 e. The molecular weight excluding hydrogens is 246 g/mol. The topological polar surface area (TPSA) is 79.0 Å². The Morgan fingerprint density at radius 2 is 2.00 bits per heavy atom. The van der Waals surface area contributed by atoms with E-state index in [9.17, 15) is 4.79 Å². The van der Waals surface area contributed by atoms with Gasteiger partial charge in [0.15, 0.2) is 0 Å². The predicted octanol–water partition coefficient (Wildman–Crippen LogP) is -1.48. The van der Waals surface area contributed by atoms with Gasteiger partial charge in [-0.25, -0.2) is 0 Å². The van der Waals surface area contributed by atoms with Crippen LogP contribution in [0.4, 0.5) is 0 Å². The van der Waals surface area contributed by atoms with E-state index in [1.54, 1.807) is 4.90 Å². The van der Waals surface area contributed by atoms with Gasteiger partial charge >= 0.3 is 0 Å². The largest absolute Gasteiger partial charge is 0.395 e. The summed E-state index contributed by atoms with van der Waals surface area (Å²) in [7, 11) is 1.53. The Bertz CT molecular complexity index is 223. The van der Waals surface area contributed by atoms with E-state index >= 15 is 0 Å². The lowest BCUT2D eigenvalue weighted by molar-refractivity contribution is -0.135. The van der Waals surface area contributed by atoms with Gasteiger partial charge in [0, 0.05) is 39.8 Å². The number of methoxy groups -OCH3 is 1. The Labute approximate surface area is 108 Å². The molecule has 1 amide bonds. The van der Waals surface area contributed by atoms with Gasteiger partial charge < -0.3 is 20.5 Å². The number of halogens is 1. The SMILES string of the molecule is COCC(N)C(=O)N1CCN(CCO)CC1.Cl. The zero-order valence-corrected chi connectivity index (χ0v) is 11.0. The van der Waals surface area contributed by atoms with Crippen molar-refractivity contribution in [2.75, 3.05) is 53.0 Å². The molecule has 1 aliphatic rings. The van der Waals surface area contributed by atoms with Crippen molar-refractivity contribution < 1.29 is 14.6 Å². The summed E-state index contributed by atoms with van der Waals surface area (Å²) in [5.74, 6) is -0.0505. The van der Waals surface area contributed by atoms with Crippen LogP contribution in [0.3, 0.4) is 0 Å². The first-order chi connectivity index (χ1) is 7.69. The molecular formula is C10H22ClN3O3. The fourth-order valence-electron chi connectivity index (χ4n) is 1.82. The Morgan fingerprint density at radius 3 is 2.47 bits per heavy atom. The second-order valence-corrected chi connectivity index (χ2v) is 3.95. The molecule has 0 spiro atoms. The van der Waals surface area contributed by atoms with Crippen molar-refractivity contribution in [3.63, 3.8) is 0 Å². The number of ether oxygens (including phenoxy) is 1. The molecule has 102 valence electrons. The molecule has 1 heterocycles. The summed E-state index contributed by atoms with van der Waals surface area (Å²) in [6.07, 6.45) is 0. The summed E-state index contributed by atoms with van der Waals surface area (Å²) in [5.41, 5.74) is 5.68. The van der Waals surface area contributed by atoms with E-state index in [-0.39, 0.29) is 31.5 Å². The third-order valence-electron chi connectivity index (χ3n) is 2.76. The minimum atomic E-state index is -0.561. The fourth-order valence-corrected chi connectivity index (χ4v) is 1.82. The third-order valence-corrected chi connectivity index (χ3v) is 2.76. The van der Waals surface area contributed by atoms with Crippen LogP contribution < -0.4 is 5.73 Å². The number of β-amino-alcohol motifs (C(OH)–C–C–N with tert-alkyl or cyclic N) is 1. The Morgan fingerprint density at radius 1 is 1.41 bits per heavy atom. The van der Waals surface area contributed by atoms with Crippen LogP contribution in [-0.2, 0) is 9.53 Å². The molecule has 0 saturated carbocycles. The molecule has 17 heavy (non-hydrogen) atoms. The highest BCUT2D eigenvalue weighted by Crippen LogP contribution is 2.03. The second-order valence-electron chi connectivity index (χ2n) is 3.95. The van der Waals surface area contributed by atoms with Gasteiger partial charge in [0.25, 0.3) is 0 Å². The van der Waals surface area contributed by atoms with E-state index in [4.69, 9.17) is 15.6 Å². The fraction of sp³-hybridized carbons (Fsp3) is 0.900. The van der Waals surface area contributed by atoms with Crippen molar-refractivity contribution in [3.05, 3.63) is 0 Å². The molecule has 1 rings (SSSR count). The lowest BCUT2D eigenvalue weighted by Crippen LogP contribution is -2.54. The molecule has 7 heteroatoms. The second kappa shape index (κ2) is 8.66. The first kappa shape index (κ1) is 16.6. The van der Waals surface area contributed by atoms with Gasteiger partial charge in [-0.2, -0.15) is 0 Å². The summed E-state index contributed by atoms with van der Waals surface area (Å²) in [4.78, 5) is 15.7. The third kappa shape index (κ3) is 5.18. The number of hydrogen-bond acceptors (Lipinski definition) is 5. The maximum Gasteiger partial charge on any atom is 0.241 e. The number of nitrogens with two attached hydrogens (primary N) is 1. The highest BCUT2D eigenvalue weighted by atomic mass is 35.5. The number of amides is 1. The zero-order chi connectivity index (χ0) is 12.0. The molecule has 1 atom stereocenters. The quantitative estimate of drug-likeness (QED) is 0.635. The van der Waals surface area contributed by atoms with Crippen molar-refractivity contribution in [1.82, 2.24) is 9.80 Å². The van der Waals surface area contributed by atoms with Crippen LogP contribution >= 0.6 is 12.4 Å². The number of rotatable bonds is 5. The number of aliphatic hydroxyl groups is 1. The first-order valence-corrected chi connectivity index (χ1v) is 5.55. The van der Waals surface area contributed by atoms with Crippen molar-refractivity contribution >= 4 is 18.3 Å². The van der Waals surface area contributed by atoms with Crippen LogP contribution in [0, 0.1) is 0 Å². The average Bonchev–Trinajstić information content (AvgIpc) is 2.30. The molecule has 1 fully saturated rings. The molecule has 0 radical (unpaired) electrons. The summed E-state index contributed by atoms with van der Waals surface area (Å²) < 4.78 is 4.86. The van der Waals surface area contributed by atoms with Crippen LogP contribution in [0.2, 0.25) is 0 Å². The summed E-state index contributed by atoms with van der Waals surface area (Å²) in [6.45, 7) is 4.05. The maximum absolute atomic E-state index is 11.8. The number of aliphatic hydroxyl groups excluding tert-OH is 1. The van der Waals surface area contributed by atoms with E-state index in [2.05, 4.69) is 4.90 Å². The molecule has 0 aromatic rings.